The molecule has 0 spiro atoms. The number of aliphatic carboxylic acids is 1. The highest BCUT2D eigenvalue weighted by atomic mass is 16.4. The summed E-state index contributed by atoms with van der Waals surface area (Å²) in [6, 6.07) is 17.4. The Bertz CT molecular complexity index is 1170. The van der Waals surface area contributed by atoms with Gasteiger partial charge in [0.05, 0.1) is 17.9 Å². The van der Waals surface area contributed by atoms with Gasteiger partial charge in [-0.1, -0.05) is 43.7 Å². The highest BCUT2D eigenvalue weighted by Crippen LogP contribution is 2.35. The Balaban J connectivity index is 1.97. The van der Waals surface area contributed by atoms with Crippen LogP contribution in [0.25, 0.3) is 33.6 Å². The highest BCUT2D eigenvalue weighted by molar-refractivity contribution is 5.86. The number of hydrogen-bond donors (Lipinski definition) is 1. The van der Waals surface area contributed by atoms with Crippen LogP contribution in [-0.4, -0.2) is 21.0 Å². The SMILES string of the molecule is CCCC(C(=O)O)c1c(C)nc(-c2ccccc2)nc1-c1ccc2occc2c1. The van der Waals surface area contributed by atoms with E-state index in [-0.39, 0.29) is 0 Å². The lowest BCUT2D eigenvalue weighted by Crippen LogP contribution is -2.16. The third-order valence-corrected chi connectivity index (χ3v) is 5.12. The summed E-state index contributed by atoms with van der Waals surface area (Å²) in [5.74, 6) is -0.911. The topological polar surface area (TPSA) is 76.2 Å². The minimum absolute atomic E-state index is 0.533. The van der Waals surface area contributed by atoms with Crippen LogP contribution in [0.2, 0.25) is 0 Å². The zero-order valence-corrected chi connectivity index (χ0v) is 16.4. The maximum absolute atomic E-state index is 12.1. The molecular formula is C24H22N2O3. The number of rotatable bonds is 6. The molecule has 5 heteroatoms. The van der Waals surface area contributed by atoms with Gasteiger partial charge in [0.15, 0.2) is 5.82 Å². The van der Waals surface area contributed by atoms with Gasteiger partial charge in [-0.3, -0.25) is 4.79 Å². The first kappa shape index (κ1) is 18.9. The van der Waals surface area contributed by atoms with E-state index in [9.17, 15) is 9.90 Å². The van der Waals surface area contributed by atoms with Gasteiger partial charge in [0.25, 0.3) is 0 Å². The largest absolute Gasteiger partial charge is 0.481 e. The van der Waals surface area contributed by atoms with Crippen molar-refractivity contribution < 1.29 is 14.3 Å². The fourth-order valence-corrected chi connectivity index (χ4v) is 3.73. The lowest BCUT2D eigenvalue weighted by atomic mass is 9.89. The average molecular weight is 386 g/mol. The lowest BCUT2D eigenvalue weighted by Gasteiger charge is -2.19. The Hall–Kier alpha value is -3.47. The molecule has 4 aromatic rings. The summed E-state index contributed by atoms with van der Waals surface area (Å²) in [6.07, 6.45) is 2.94. The predicted octanol–water partition coefficient (Wildman–Crippen LogP) is 5.83. The molecule has 0 bridgehead atoms. The van der Waals surface area contributed by atoms with E-state index in [0.717, 1.165) is 28.5 Å². The van der Waals surface area contributed by atoms with E-state index in [1.54, 1.807) is 6.26 Å². The quantitative estimate of drug-likeness (QED) is 0.451. The van der Waals surface area contributed by atoms with Gasteiger partial charge in [-0.05, 0) is 37.6 Å². The van der Waals surface area contributed by atoms with Crippen molar-refractivity contribution in [1.82, 2.24) is 9.97 Å². The van der Waals surface area contributed by atoms with E-state index in [0.29, 0.717) is 29.2 Å². The van der Waals surface area contributed by atoms with Gasteiger partial charge in [0, 0.05) is 27.8 Å². The average Bonchev–Trinajstić information content (AvgIpc) is 3.20. The van der Waals surface area contributed by atoms with Gasteiger partial charge in [0.1, 0.15) is 5.58 Å². The van der Waals surface area contributed by atoms with Crippen LogP contribution < -0.4 is 0 Å². The molecule has 1 atom stereocenters. The van der Waals surface area contributed by atoms with Crippen LogP contribution in [0.3, 0.4) is 0 Å². The summed E-state index contributed by atoms with van der Waals surface area (Å²) in [7, 11) is 0. The second-order valence-electron chi connectivity index (χ2n) is 7.11. The monoisotopic (exact) mass is 386 g/mol. The van der Waals surface area contributed by atoms with E-state index in [2.05, 4.69) is 4.98 Å². The molecule has 1 N–H and O–H groups in total. The summed E-state index contributed by atoms with van der Waals surface area (Å²) in [6.45, 7) is 3.86. The zero-order chi connectivity index (χ0) is 20.4. The van der Waals surface area contributed by atoms with Gasteiger partial charge >= 0.3 is 5.97 Å². The van der Waals surface area contributed by atoms with Crippen molar-refractivity contribution in [3.8, 4) is 22.6 Å². The molecule has 146 valence electrons. The standard InChI is InChI=1S/C24H22N2O3/c1-3-7-19(24(27)28)21-15(2)25-23(16-8-5-4-6-9-16)26-22(21)18-10-11-20-17(14-18)12-13-29-20/h4-6,8-14,19H,3,7H2,1-2H3,(H,27,28). The molecular weight excluding hydrogens is 364 g/mol. The van der Waals surface area contributed by atoms with Crippen molar-refractivity contribution >= 4 is 16.9 Å². The first-order valence-electron chi connectivity index (χ1n) is 9.73. The number of aromatic nitrogens is 2. The second-order valence-corrected chi connectivity index (χ2v) is 7.11. The molecule has 0 saturated carbocycles. The van der Waals surface area contributed by atoms with E-state index < -0.39 is 11.9 Å². The Morgan fingerprint density at radius 3 is 2.59 bits per heavy atom. The van der Waals surface area contributed by atoms with Gasteiger partial charge in [-0.25, -0.2) is 9.97 Å². The van der Waals surface area contributed by atoms with E-state index >= 15 is 0 Å². The number of carboxylic acids is 1. The molecule has 1 unspecified atom stereocenters. The summed E-state index contributed by atoms with van der Waals surface area (Å²) < 4.78 is 5.45. The summed E-state index contributed by atoms with van der Waals surface area (Å²) in [5, 5.41) is 10.9. The maximum atomic E-state index is 12.1. The minimum Gasteiger partial charge on any atom is -0.481 e. The number of nitrogens with zero attached hydrogens (tertiary/aromatic N) is 2. The van der Waals surface area contributed by atoms with Crippen molar-refractivity contribution in [2.24, 2.45) is 0 Å². The van der Waals surface area contributed by atoms with E-state index in [1.165, 1.54) is 0 Å². The molecule has 0 aliphatic carbocycles. The van der Waals surface area contributed by atoms with Gasteiger partial charge < -0.3 is 9.52 Å². The summed E-state index contributed by atoms with van der Waals surface area (Å²) >= 11 is 0. The predicted molar refractivity (Wildman–Crippen MR) is 113 cm³/mol. The first-order chi connectivity index (χ1) is 14.1. The van der Waals surface area contributed by atoms with Crippen LogP contribution in [0.5, 0.6) is 0 Å². The Morgan fingerprint density at radius 1 is 1.07 bits per heavy atom. The Labute approximate surface area is 169 Å². The molecule has 0 amide bonds. The molecule has 2 aromatic carbocycles. The molecule has 5 nitrogen and oxygen atoms in total. The fourth-order valence-electron chi connectivity index (χ4n) is 3.73. The van der Waals surface area contributed by atoms with Gasteiger partial charge in [-0.2, -0.15) is 0 Å². The zero-order valence-electron chi connectivity index (χ0n) is 16.4. The van der Waals surface area contributed by atoms with Crippen molar-refractivity contribution in [2.75, 3.05) is 0 Å². The fraction of sp³-hybridized carbons (Fsp3) is 0.208. The number of furan rings is 1. The molecule has 2 heterocycles. The Kier molecular flexibility index (Phi) is 5.12. The number of hydrogen-bond acceptors (Lipinski definition) is 4. The van der Waals surface area contributed by atoms with Crippen molar-refractivity contribution in [1.29, 1.82) is 0 Å². The van der Waals surface area contributed by atoms with Crippen molar-refractivity contribution in [3.05, 3.63) is 72.1 Å². The van der Waals surface area contributed by atoms with E-state index in [1.807, 2.05) is 68.4 Å². The van der Waals surface area contributed by atoms with Crippen molar-refractivity contribution in [2.45, 2.75) is 32.6 Å². The van der Waals surface area contributed by atoms with E-state index in [4.69, 9.17) is 9.40 Å². The number of fused-ring (bicyclic) bond motifs is 1. The van der Waals surface area contributed by atoms with Gasteiger partial charge in [-0.15, -0.1) is 0 Å². The van der Waals surface area contributed by atoms with Crippen LogP contribution >= 0.6 is 0 Å². The van der Waals surface area contributed by atoms with Crippen molar-refractivity contribution in [3.63, 3.8) is 0 Å². The second kappa shape index (κ2) is 7.87. The number of carboxylic acid groups (broad SMARTS) is 1. The number of carbonyl (C=O) groups is 1. The third-order valence-electron chi connectivity index (χ3n) is 5.12. The molecule has 0 aliphatic heterocycles. The molecule has 29 heavy (non-hydrogen) atoms. The first-order valence-corrected chi connectivity index (χ1v) is 9.73. The van der Waals surface area contributed by atoms with Crippen LogP contribution in [0.1, 0.15) is 36.9 Å². The molecule has 2 aromatic heterocycles. The molecule has 0 aliphatic rings. The van der Waals surface area contributed by atoms with Gasteiger partial charge in [0.2, 0.25) is 0 Å². The summed E-state index contributed by atoms with van der Waals surface area (Å²) in [4.78, 5) is 21.6. The van der Waals surface area contributed by atoms with Crippen LogP contribution in [0.15, 0.2) is 65.3 Å². The number of aryl methyl sites for hydroxylation is 1. The smallest absolute Gasteiger partial charge is 0.311 e. The number of benzene rings is 2. The summed E-state index contributed by atoms with van der Waals surface area (Å²) in [5.41, 5.74) is 4.59. The molecule has 4 rings (SSSR count). The molecule has 0 fully saturated rings. The van der Waals surface area contributed by atoms with Crippen LogP contribution in [0, 0.1) is 6.92 Å². The third kappa shape index (κ3) is 3.63. The maximum Gasteiger partial charge on any atom is 0.311 e. The lowest BCUT2D eigenvalue weighted by molar-refractivity contribution is -0.139. The molecule has 0 radical (unpaired) electrons. The Morgan fingerprint density at radius 2 is 1.86 bits per heavy atom. The van der Waals surface area contributed by atoms with Crippen LogP contribution in [0.4, 0.5) is 0 Å². The van der Waals surface area contributed by atoms with Crippen LogP contribution in [-0.2, 0) is 4.79 Å². The minimum atomic E-state index is -0.850. The normalized spacial score (nSPS) is 12.2. The highest BCUT2D eigenvalue weighted by Gasteiger charge is 2.27. The molecule has 0 saturated heterocycles.